The number of ether oxygens (including phenoxy) is 1. The Labute approximate surface area is 508 Å². The Balaban J connectivity index is 3.31. The highest BCUT2D eigenvalue weighted by Gasteiger charge is 2.18. The number of aliphatic hydroxyl groups excluding tert-OH is 2. The van der Waals surface area contributed by atoms with Gasteiger partial charge >= 0.3 is 5.97 Å². The molecule has 0 aromatic carbocycles. The lowest BCUT2D eigenvalue weighted by molar-refractivity contribution is -0.143. The molecule has 0 fully saturated rings. The zero-order valence-corrected chi connectivity index (χ0v) is 55.3. The van der Waals surface area contributed by atoms with Gasteiger partial charge in [-0.3, -0.25) is 9.59 Å². The summed E-state index contributed by atoms with van der Waals surface area (Å²) in [6, 6.07) is -0.623. The number of unbranched alkanes of at least 4 members (excludes halogenated alkanes) is 60. The molecule has 6 nitrogen and oxygen atoms in total. The molecule has 2 atom stereocenters. The van der Waals surface area contributed by atoms with Gasteiger partial charge in [0, 0.05) is 12.8 Å². The molecule has 6 heteroatoms. The molecule has 0 rings (SSSR count). The fourth-order valence-electron chi connectivity index (χ4n) is 12.1. The van der Waals surface area contributed by atoms with Crippen molar-refractivity contribution in [2.45, 2.75) is 443 Å². The van der Waals surface area contributed by atoms with E-state index in [1.165, 1.54) is 366 Å². The molecule has 0 aliphatic heterocycles. The second-order valence-electron chi connectivity index (χ2n) is 26.0. The Bertz CT molecular complexity index is 1220. The van der Waals surface area contributed by atoms with Gasteiger partial charge in [-0.15, -0.1) is 0 Å². The van der Waals surface area contributed by atoms with Gasteiger partial charge in [-0.1, -0.05) is 398 Å². The Morgan fingerprint density at radius 2 is 0.568 bits per heavy atom. The average molecular weight is 1140 g/mol. The standard InChI is InChI=1S/C75H147NO5/c1-3-5-7-9-11-13-15-17-19-36-41-45-49-53-57-61-65-69-75(80)81-70-66-62-58-54-50-46-42-38-35-33-31-29-27-25-23-21-20-22-24-26-28-30-32-34-37-40-44-48-52-56-60-64-68-74(79)76-72(71-77)73(78)67-63-59-55-51-47-43-39-18-16-14-12-10-8-6-4-2/h63,67,72-73,77-78H,3-62,64-66,68-71H2,1-2H3,(H,76,79)/b67-63+. The summed E-state index contributed by atoms with van der Waals surface area (Å²) in [6.07, 6.45) is 88.9. The van der Waals surface area contributed by atoms with Crippen LogP contribution < -0.4 is 5.32 Å². The summed E-state index contributed by atoms with van der Waals surface area (Å²) >= 11 is 0. The van der Waals surface area contributed by atoms with Gasteiger partial charge < -0.3 is 20.3 Å². The van der Waals surface area contributed by atoms with Crippen LogP contribution >= 0.6 is 0 Å². The van der Waals surface area contributed by atoms with Gasteiger partial charge in [-0.25, -0.2) is 0 Å². The van der Waals surface area contributed by atoms with Gasteiger partial charge in [0.25, 0.3) is 0 Å². The van der Waals surface area contributed by atoms with Crippen LogP contribution in [0.15, 0.2) is 12.2 Å². The molecule has 0 heterocycles. The molecule has 3 N–H and O–H groups in total. The van der Waals surface area contributed by atoms with Crippen molar-refractivity contribution < 1.29 is 24.5 Å². The SMILES string of the molecule is CCCCCCCCCCCCCCC/C=C/C(O)C(CO)NC(=O)CCCCCCCCCCCCCCCCCCCCCCCCCCCCCCCCCCOC(=O)CCCCCCCCCCCCCCCCCCC. The third-order valence-corrected chi connectivity index (χ3v) is 17.8. The summed E-state index contributed by atoms with van der Waals surface area (Å²) < 4.78 is 5.51. The van der Waals surface area contributed by atoms with Crippen LogP contribution in [-0.2, 0) is 14.3 Å². The molecule has 0 spiro atoms. The Morgan fingerprint density at radius 1 is 0.333 bits per heavy atom. The lowest BCUT2D eigenvalue weighted by Gasteiger charge is -2.20. The molecule has 0 aromatic rings. The molecule has 0 saturated heterocycles. The molecule has 0 radical (unpaired) electrons. The molecule has 2 unspecified atom stereocenters. The largest absolute Gasteiger partial charge is 0.466 e. The molecule has 81 heavy (non-hydrogen) atoms. The zero-order chi connectivity index (χ0) is 58.5. The summed E-state index contributed by atoms with van der Waals surface area (Å²) in [5.41, 5.74) is 0. The molecule has 0 aliphatic carbocycles. The monoisotopic (exact) mass is 1140 g/mol. The van der Waals surface area contributed by atoms with E-state index < -0.39 is 12.1 Å². The van der Waals surface area contributed by atoms with E-state index >= 15 is 0 Å². The number of esters is 1. The first kappa shape index (κ1) is 79.6. The van der Waals surface area contributed by atoms with E-state index in [9.17, 15) is 19.8 Å². The van der Waals surface area contributed by atoms with Gasteiger partial charge in [-0.05, 0) is 32.1 Å². The fraction of sp³-hybridized carbons (Fsp3) is 0.947. The van der Waals surface area contributed by atoms with Crippen LogP contribution in [0.4, 0.5) is 0 Å². The number of hydrogen-bond acceptors (Lipinski definition) is 5. The first-order chi connectivity index (χ1) is 40.0. The number of aliphatic hydroxyl groups is 2. The van der Waals surface area contributed by atoms with Gasteiger partial charge in [0.05, 0.1) is 25.4 Å². The van der Waals surface area contributed by atoms with E-state index in [0.29, 0.717) is 19.4 Å². The first-order valence-electron chi connectivity index (χ1n) is 37.5. The highest BCUT2D eigenvalue weighted by atomic mass is 16.5. The summed E-state index contributed by atoms with van der Waals surface area (Å²) in [7, 11) is 0. The summed E-state index contributed by atoms with van der Waals surface area (Å²) in [5.74, 6) is -0.0343. The third-order valence-electron chi connectivity index (χ3n) is 17.8. The number of amides is 1. The minimum absolute atomic E-state index is 0.0260. The van der Waals surface area contributed by atoms with Gasteiger partial charge in [-0.2, -0.15) is 0 Å². The highest BCUT2D eigenvalue weighted by Crippen LogP contribution is 2.20. The maximum Gasteiger partial charge on any atom is 0.305 e. The van der Waals surface area contributed by atoms with Crippen LogP contribution in [-0.4, -0.2) is 47.4 Å². The highest BCUT2D eigenvalue weighted by molar-refractivity contribution is 5.76. The maximum absolute atomic E-state index is 12.5. The van der Waals surface area contributed by atoms with Crippen molar-refractivity contribution in [1.82, 2.24) is 5.32 Å². The van der Waals surface area contributed by atoms with Crippen LogP contribution in [0.5, 0.6) is 0 Å². The second kappa shape index (κ2) is 71.1. The number of nitrogens with one attached hydrogen (secondary N) is 1. The molecule has 0 aromatic heterocycles. The number of carbonyl (C=O) groups excluding carboxylic acids is 2. The normalized spacial score (nSPS) is 12.5. The summed E-state index contributed by atoms with van der Waals surface area (Å²) in [6.45, 7) is 4.95. The van der Waals surface area contributed by atoms with Crippen LogP contribution in [0.1, 0.15) is 431 Å². The fourth-order valence-corrected chi connectivity index (χ4v) is 12.1. The Hall–Kier alpha value is -1.40. The van der Waals surface area contributed by atoms with E-state index in [-0.39, 0.29) is 18.5 Å². The van der Waals surface area contributed by atoms with Gasteiger partial charge in [0.1, 0.15) is 0 Å². The quantitative estimate of drug-likeness (QED) is 0.0320. The Kier molecular flexibility index (Phi) is 69.9. The molecule has 1 amide bonds. The maximum atomic E-state index is 12.5. The van der Waals surface area contributed by atoms with E-state index in [2.05, 4.69) is 19.2 Å². The number of hydrogen-bond donors (Lipinski definition) is 3. The van der Waals surface area contributed by atoms with Crippen molar-refractivity contribution >= 4 is 11.9 Å². The molecule has 0 aliphatic rings. The van der Waals surface area contributed by atoms with Gasteiger partial charge in [0.2, 0.25) is 5.91 Å². The lowest BCUT2D eigenvalue weighted by atomic mass is 10.0. The lowest BCUT2D eigenvalue weighted by Crippen LogP contribution is -2.45. The van der Waals surface area contributed by atoms with Crippen molar-refractivity contribution in [1.29, 1.82) is 0 Å². The molecule has 482 valence electrons. The predicted molar refractivity (Wildman–Crippen MR) is 357 cm³/mol. The van der Waals surface area contributed by atoms with Crippen molar-refractivity contribution in [2.24, 2.45) is 0 Å². The van der Waals surface area contributed by atoms with Crippen molar-refractivity contribution in [3.05, 3.63) is 12.2 Å². The third kappa shape index (κ3) is 67.6. The molecule has 0 saturated carbocycles. The summed E-state index contributed by atoms with van der Waals surface area (Å²) in [4.78, 5) is 24.6. The van der Waals surface area contributed by atoms with Crippen LogP contribution in [0.2, 0.25) is 0 Å². The number of rotatable bonds is 71. The van der Waals surface area contributed by atoms with Gasteiger partial charge in [0.15, 0.2) is 0 Å². The predicted octanol–water partition coefficient (Wildman–Crippen LogP) is 24.3. The first-order valence-corrected chi connectivity index (χ1v) is 37.5. The van der Waals surface area contributed by atoms with Crippen molar-refractivity contribution in [3.8, 4) is 0 Å². The van der Waals surface area contributed by atoms with Crippen LogP contribution in [0.3, 0.4) is 0 Å². The minimum Gasteiger partial charge on any atom is -0.466 e. The number of allylic oxidation sites excluding steroid dienone is 1. The number of carbonyl (C=O) groups is 2. The Morgan fingerprint density at radius 3 is 0.840 bits per heavy atom. The van der Waals surface area contributed by atoms with E-state index in [4.69, 9.17) is 4.74 Å². The molecule has 0 bridgehead atoms. The smallest absolute Gasteiger partial charge is 0.305 e. The molecular formula is C75H147NO5. The second-order valence-corrected chi connectivity index (χ2v) is 26.0. The summed E-state index contributed by atoms with van der Waals surface area (Å²) in [5, 5.41) is 23.2. The van der Waals surface area contributed by atoms with E-state index in [1.54, 1.807) is 6.08 Å². The van der Waals surface area contributed by atoms with E-state index in [0.717, 1.165) is 38.5 Å². The van der Waals surface area contributed by atoms with Crippen molar-refractivity contribution in [3.63, 3.8) is 0 Å². The molecular weight excluding hydrogens is 995 g/mol. The average Bonchev–Trinajstić information content (AvgIpc) is 3.47. The minimum atomic E-state index is -0.840. The van der Waals surface area contributed by atoms with Crippen LogP contribution in [0.25, 0.3) is 0 Å². The van der Waals surface area contributed by atoms with E-state index in [1.807, 2.05) is 6.08 Å². The van der Waals surface area contributed by atoms with Crippen LogP contribution in [0, 0.1) is 0 Å². The topological polar surface area (TPSA) is 95.9 Å². The zero-order valence-electron chi connectivity index (χ0n) is 55.3. The van der Waals surface area contributed by atoms with Crippen molar-refractivity contribution in [2.75, 3.05) is 13.2 Å².